The minimum Gasteiger partial charge on any atom is -0.402 e. The van der Waals surface area contributed by atoms with Gasteiger partial charge in [-0.2, -0.15) is 0 Å². The van der Waals surface area contributed by atoms with Gasteiger partial charge in [-0.15, -0.1) is 20.4 Å². The SMILES string of the molecule is Cc1cc(-c2nnc(NCC3OCCO3)o2)nc2c(C(C)(C)C)cc(C3CC3)cc12.Cc1cc(-c2nnc(NCCCCO)o2)nc2c(C(C)(C)C)cc(C3CC3)cc12.Cc1cc(-c2nnc(NCCCO)o2)nc2c(C(C)(C)C)cc(C3CC3)cc12.Cc1cc(-c2nnc(NCCS(C)(=O)=O)o2)nc2c(C(C)(C)C)cc(C3CC3)cc12. The van der Waals surface area contributed by atoms with Gasteiger partial charge in [0, 0.05) is 60.6 Å². The van der Waals surface area contributed by atoms with Crippen LogP contribution in [0.5, 0.6) is 0 Å². The fraction of sp³-hybridized carbons (Fsp3) is 0.511. The van der Waals surface area contributed by atoms with Crippen LogP contribution in [0.15, 0.2) is 90.5 Å². The third kappa shape index (κ3) is 20.6. The second kappa shape index (κ2) is 34.2. The van der Waals surface area contributed by atoms with Gasteiger partial charge in [0.2, 0.25) is 0 Å². The van der Waals surface area contributed by atoms with E-state index in [1.165, 1.54) is 140 Å². The van der Waals surface area contributed by atoms with Gasteiger partial charge in [0.1, 0.15) is 32.6 Å². The highest BCUT2D eigenvalue weighted by atomic mass is 32.2. The van der Waals surface area contributed by atoms with Gasteiger partial charge in [-0.3, -0.25) is 0 Å². The summed E-state index contributed by atoms with van der Waals surface area (Å²) in [6.07, 6.45) is 13.4. The van der Waals surface area contributed by atoms with Crippen LogP contribution in [0.2, 0.25) is 0 Å². The van der Waals surface area contributed by atoms with Crippen molar-refractivity contribution in [3.8, 4) is 46.3 Å². The summed E-state index contributed by atoms with van der Waals surface area (Å²) in [5, 5.41) is 67.5. The van der Waals surface area contributed by atoms with Crippen LogP contribution < -0.4 is 21.3 Å². The summed E-state index contributed by atoms with van der Waals surface area (Å²) in [7, 11) is -3.06. The Labute approximate surface area is 685 Å². The minimum atomic E-state index is -3.06. The molecule has 0 atom stereocenters. The highest BCUT2D eigenvalue weighted by Gasteiger charge is 2.34. The van der Waals surface area contributed by atoms with E-state index in [0.717, 1.165) is 40.5 Å². The number of aryl methyl sites for hydroxylation is 4. The molecule has 12 aromatic rings. The molecule has 4 aliphatic carbocycles. The molecule has 9 heterocycles. The van der Waals surface area contributed by atoms with E-state index < -0.39 is 9.84 Å². The average Bonchev–Trinajstić information content (AvgIpc) is 1.73. The van der Waals surface area contributed by atoms with Crippen LogP contribution >= 0.6 is 0 Å². The highest BCUT2D eigenvalue weighted by Crippen LogP contribution is 2.49. The Morgan fingerprint density at radius 3 is 0.906 bits per heavy atom. The fourth-order valence-electron chi connectivity index (χ4n) is 14.7. The van der Waals surface area contributed by atoms with Gasteiger partial charge < -0.3 is 58.6 Å². The van der Waals surface area contributed by atoms with Crippen LogP contribution in [0.3, 0.4) is 0 Å². The number of ether oxygens (including phenoxy) is 2. The minimum absolute atomic E-state index is 0.00365. The molecule has 1 saturated heterocycles. The lowest BCUT2D eigenvalue weighted by Crippen LogP contribution is -2.20. The molecule has 26 nitrogen and oxygen atoms in total. The van der Waals surface area contributed by atoms with Crippen LogP contribution in [0.25, 0.3) is 90.0 Å². The van der Waals surface area contributed by atoms with Crippen molar-refractivity contribution in [2.75, 3.05) is 85.9 Å². The predicted molar refractivity (Wildman–Crippen MR) is 459 cm³/mol. The third-order valence-electron chi connectivity index (χ3n) is 21.9. The number of pyridine rings is 4. The van der Waals surface area contributed by atoms with E-state index in [2.05, 4.69) is 221 Å². The van der Waals surface area contributed by atoms with Gasteiger partial charge in [0.05, 0.1) is 47.6 Å². The molecule has 1 aliphatic heterocycles. The average molecular weight is 1610 g/mol. The van der Waals surface area contributed by atoms with Gasteiger partial charge >= 0.3 is 24.1 Å². The van der Waals surface area contributed by atoms with E-state index in [4.69, 9.17) is 57.3 Å². The van der Waals surface area contributed by atoms with Gasteiger partial charge in [0.15, 0.2) is 6.29 Å². The summed E-state index contributed by atoms with van der Waals surface area (Å²) in [6.45, 7) is 38.7. The number of rotatable bonds is 24. The van der Waals surface area contributed by atoms with Crippen molar-refractivity contribution < 1.29 is 45.8 Å². The van der Waals surface area contributed by atoms with Crippen LogP contribution in [-0.4, -0.2) is 150 Å². The maximum absolute atomic E-state index is 11.3. The number of benzene rings is 4. The van der Waals surface area contributed by atoms with Crippen molar-refractivity contribution in [2.24, 2.45) is 0 Å². The van der Waals surface area contributed by atoms with Gasteiger partial charge in [-0.05, 0) is 259 Å². The normalized spacial score (nSPS) is 15.5. The predicted octanol–water partition coefficient (Wildman–Crippen LogP) is 18.3. The fourth-order valence-corrected chi connectivity index (χ4v) is 15.2. The number of nitrogens with one attached hydrogen (secondary N) is 4. The Morgan fingerprint density at radius 1 is 0.368 bits per heavy atom. The number of aromatic nitrogens is 12. The molecule has 0 amide bonds. The first-order valence-corrected chi connectivity index (χ1v) is 43.5. The molecule has 117 heavy (non-hydrogen) atoms. The van der Waals surface area contributed by atoms with E-state index in [1.807, 2.05) is 24.3 Å². The molecular formula is C90H114N16O10S. The number of aliphatic hydroxyl groups excluding tert-OH is 2. The second-order valence-electron chi connectivity index (χ2n) is 36.4. The Bertz CT molecular complexity index is 5680. The van der Waals surface area contributed by atoms with Crippen molar-refractivity contribution in [2.45, 2.75) is 233 Å². The summed E-state index contributed by atoms with van der Waals surface area (Å²) in [6, 6.07) is 27.9. The molecule has 620 valence electrons. The van der Waals surface area contributed by atoms with Crippen LogP contribution in [-0.2, 0) is 41.0 Å². The lowest BCUT2D eigenvalue weighted by molar-refractivity contribution is -0.0302. The van der Waals surface area contributed by atoms with Crippen molar-refractivity contribution >= 4 is 77.5 Å². The van der Waals surface area contributed by atoms with E-state index in [0.29, 0.717) is 127 Å². The molecule has 0 bridgehead atoms. The third-order valence-corrected chi connectivity index (χ3v) is 22.9. The van der Waals surface area contributed by atoms with Crippen molar-refractivity contribution in [1.82, 2.24) is 60.7 Å². The van der Waals surface area contributed by atoms with Crippen molar-refractivity contribution in [3.05, 3.63) is 140 Å². The zero-order chi connectivity index (χ0) is 83.0. The van der Waals surface area contributed by atoms with Crippen LogP contribution in [0, 0.1) is 27.7 Å². The monoisotopic (exact) mass is 1610 g/mol. The van der Waals surface area contributed by atoms with E-state index in [9.17, 15) is 8.42 Å². The van der Waals surface area contributed by atoms with Gasteiger partial charge in [-0.25, -0.2) is 28.4 Å². The number of sulfone groups is 1. The molecule has 8 aromatic heterocycles. The van der Waals surface area contributed by atoms with Crippen LogP contribution in [0.4, 0.5) is 24.1 Å². The number of unbranched alkanes of at least 4 members (excludes halogenated alkanes) is 1. The lowest BCUT2D eigenvalue weighted by Gasteiger charge is -2.23. The largest absolute Gasteiger partial charge is 0.402 e. The lowest BCUT2D eigenvalue weighted by atomic mass is 9.83. The molecule has 27 heteroatoms. The quantitative estimate of drug-likeness (QED) is 0.0306. The summed E-state index contributed by atoms with van der Waals surface area (Å²) in [5.74, 6) is 4.32. The molecule has 5 aliphatic rings. The van der Waals surface area contributed by atoms with E-state index in [1.54, 1.807) is 0 Å². The zero-order valence-corrected chi connectivity index (χ0v) is 71.7. The molecule has 6 N–H and O–H groups in total. The molecule has 4 aromatic carbocycles. The summed E-state index contributed by atoms with van der Waals surface area (Å²) in [4.78, 5) is 19.8. The Hall–Kier alpha value is -9.93. The maximum Gasteiger partial charge on any atom is 0.315 e. The standard InChI is InChI=1S/C23H28N4O3.C23H30N4O2.C22H28N4O3S.C22H28N4O2/c1-13-9-18(21-26-27-22(30-21)24-12-19-28-7-8-29-19)25-20-16(13)10-15(14-5-6-14)11-17(20)23(2,3)4;1-14-11-19(21-26-27-22(29-21)24-9-5-6-10-28)25-20-17(14)12-16(15-7-8-15)13-18(20)23(2,3)4;1-13-10-18(20-25-26-21(29-20)23-8-9-30(5,27)28)24-19-16(13)11-15(14-6-7-14)12-17(19)22(2,3)4;1-13-10-18(20-25-26-21(28-20)23-8-5-9-27)24-19-16(13)11-15(14-6-7-14)12-17(19)22(2,3)4/h9-11,14,19H,5-8,12H2,1-4H3,(H,24,27);11-13,15,28H,5-10H2,1-4H3,(H,24,27);10-12,14H,6-9H2,1-5H3,(H,23,26);10-12,14,27H,5-9H2,1-4H3,(H,23,26). The summed E-state index contributed by atoms with van der Waals surface area (Å²) >= 11 is 0. The smallest absolute Gasteiger partial charge is 0.315 e. The molecule has 4 saturated carbocycles. The Morgan fingerprint density at radius 2 is 0.641 bits per heavy atom. The number of aliphatic hydroxyl groups is 2. The number of hydrogen-bond donors (Lipinski definition) is 6. The Balaban J connectivity index is 0.000000128. The second-order valence-corrected chi connectivity index (χ2v) is 38.6. The Kier molecular flexibility index (Phi) is 24.4. The van der Waals surface area contributed by atoms with Crippen molar-refractivity contribution in [1.29, 1.82) is 0 Å². The summed E-state index contributed by atoms with van der Waals surface area (Å²) < 4.78 is 56.4. The number of nitrogens with zero attached hydrogens (tertiary/aromatic N) is 12. The molecule has 17 rings (SSSR count). The number of hydrogen-bond acceptors (Lipinski definition) is 26. The van der Waals surface area contributed by atoms with Gasteiger partial charge in [0.25, 0.3) is 23.6 Å². The molecule has 0 unspecified atom stereocenters. The molecule has 5 fully saturated rings. The molecule has 0 radical (unpaired) electrons. The number of anilines is 4. The zero-order valence-electron chi connectivity index (χ0n) is 70.9. The highest BCUT2D eigenvalue weighted by molar-refractivity contribution is 7.90. The first-order valence-electron chi connectivity index (χ1n) is 41.4. The maximum atomic E-state index is 11.3. The van der Waals surface area contributed by atoms with Crippen LogP contribution in [0.1, 0.15) is 244 Å². The topological polar surface area (TPSA) is 348 Å². The number of fused-ring (bicyclic) bond motifs is 4. The summed E-state index contributed by atoms with van der Waals surface area (Å²) in [5.41, 5.74) is 22.0. The molecule has 0 spiro atoms. The van der Waals surface area contributed by atoms with E-state index in [-0.39, 0.29) is 59.5 Å². The first kappa shape index (κ1) is 83.6. The molecular weight excluding hydrogens is 1500 g/mol. The van der Waals surface area contributed by atoms with Gasteiger partial charge in [-0.1, -0.05) is 128 Å². The first-order chi connectivity index (χ1) is 55.6. The van der Waals surface area contributed by atoms with Crippen molar-refractivity contribution in [3.63, 3.8) is 0 Å². The van der Waals surface area contributed by atoms with E-state index >= 15 is 0 Å².